The van der Waals surface area contributed by atoms with E-state index in [0.29, 0.717) is 12.6 Å². The Kier molecular flexibility index (Phi) is 7.26. The summed E-state index contributed by atoms with van der Waals surface area (Å²) in [6, 6.07) is 10.1. The van der Waals surface area contributed by atoms with Crippen molar-refractivity contribution < 1.29 is 9.53 Å². The van der Waals surface area contributed by atoms with Crippen LogP contribution < -0.4 is 5.32 Å². The zero-order valence-electron chi connectivity index (χ0n) is 12.9. The van der Waals surface area contributed by atoms with E-state index in [4.69, 9.17) is 4.74 Å². The Balaban J connectivity index is 2.45. The first-order valence-electron chi connectivity index (χ1n) is 7.15. The predicted octanol–water partition coefficient (Wildman–Crippen LogP) is 2.22. The van der Waals surface area contributed by atoms with Gasteiger partial charge in [-0.1, -0.05) is 37.3 Å². The lowest BCUT2D eigenvalue weighted by Crippen LogP contribution is -2.39. The highest BCUT2D eigenvalue weighted by molar-refractivity contribution is 5.82. The van der Waals surface area contributed by atoms with Gasteiger partial charge in [-0.25, -0.2) is 0 Å². The number of carbonyl (C=O) groups is 1. The van der Waals surface area contributed by atoms with Crippen molar-refractivity contribution in [2.45, 2.75) is 32.4 Å². The minimum Gasteiger partial charge on any atom is -0.367 e. The van der Waals surface area contributed by atoms with Crippen LogP contribution in [-0.2, 0) is 9.53 Å². The maximum atomic E-state index is 12.1. The molecule has 0 heterocycles. The van der Waals surface area contributed by atoms with Crippen LogP contribution in [0.1, 0.15) is 31.9 Å². The van der Waals surface area contributed by atoms with Gasteiger partial charge in [-0.15, -0.1) is 0 Å². The van der Waals surface area contributed by atoms with Gasteiger partial charge in [0.1, 0.15) is 0 Å². The Morgan fingerprint density at radius 2 is 2.00 bits per heavy atom. The van der Waals surface area contributed by atoms with Crippen molar-refractivity contribution in [3.8, 4) is 0 Å². The smallest absolute Gasteiger partial charge is 0.253 e. The number of methoxy groups -OCH3 is 1. The molecule has 0 spiro atoms. The number of likely N-dealkylation sites (N-methyl/N-ethyl adjacent to an activating group) is 1. The van der Waals surface area contributed by atoms with Crippen molar-refractivity contribution in [3.63, 3.8) is 0 Å². The summed E-state index contributed by atoms with van der Waals surface area (Å²) in [6.07, 6.45) is 0.569. The molecule has 1 amide bonds. The topological polar surface area (TPSA) is 41.6 Å². The molecule has 0 saturated carbocycles. The average Bonchev–Trinajstić information content (AvgIpc) is 2.48. The Morgan fingerprint density at radius 1 is 1.35 bits per heavy atom. The van der Waals surface area contributed by atoms with Crippen LogP contribution in [-0.4, -0.2) is 44.1 Å². The second kappa shape index (κ2) is 8.72. The number of nitrogens with zero attached hydrogens (tertiary/aromatic N) is 1. The second-order valence-corrected chi connectivity index (χ2v) is 5.06. The first-order chi connectivity index (χ1) is 9.60. The highest BCUT2D eigenvalue weighted by Gasteiger charge is 2.19. The lowest BCUT2D eigenvalue weighted by molar-refractivity contribution is -0.131. The van der Waals surface area contributed by atoms with E-state index in [1.807, 2.05) is 30.3 Å². The lowest BCUT2D eigenvalue weighted by Gasteiger charge is -2.24. The largest absolute Gasteiger partial charge is 0.367 e. The number of rotatable bonds is 8. The molecule has 1 rings (SSSR count). The molecule has 0 radical (unpaired) electrons. The van der Waals surface area contributed by atoms with Crippen molar-refractivity contribution in [3.05, 3.63) is 35.9 Å². The van der Waals surface area contributed by atoms with Crippen LogP contribution >= 0.6 is 0 Å². The number of carbonyl (C=O) groups excluding carboxylic acids is 1. The zero-order valence-corrected chi connectivity index (χ0v) is 12.9. The Bertz CT molecular complexity index is 395. The molecule has 4 heteroatoms. The summed E-state index contributed by atoms with van der Waals surface area (Å²) in [6.45, 7) is 5.82. The van der Waals surface area contributed by atoms with E-state index in [2.05, 4.69) is 31.1 Å². The van der Waals surface area contributed by atoms with Crippen LogP contribution in [0.4, 0.5) is 0 Å². The van der Waals surface area contributed by atoms with Gasteiger partial charge in [0.15, 0.2) is 6.10 Å². The molecule has 0 unspecified atom stereocenters. The number of benzene rings is 1. The van der Waals surface area contributed by atoms with Crippen molar-refractivity contribution in [2.75, 3.05) is 27.2 Å². The Morgan fingerprint density at radius 3 is 2.55 bits per heavy atom. The van der Waals surface area contributed by atoms with E-state index in [1.165, 1.54) is 0 Å². The first kappa shape index (κ1) is 16.7. The Labute approximate surface area is 122 Å². The summed E-state index contributed by atoms with van der Waals surface area (Å²) in [4.78, 5) is 14.4. The van der Waals surface area contributed by atoms with E-state index in [-0.39, 0.29) is 5.91 Å². The van der Waals surface area contributed by atoms with Gasteiger partial charge < -0.3 is 15.0 Å². The normalized spacial score (nSPS) is 14.1. The molecule has 0 aliphatic rings. The third-order valence-corrected chi connectivity index (χ3v) is 3.68. The molecule has 4 nitrogen and oxygen atoms in total. The maximum Gasteiger partial charge on any atom is 0.253 e. The second-order valence-electron chi connectivity index (χ2n) is 5.06. The minimum atomic E-state index is -0.537. The third-order valence-electron chi connectivity index (χ3n) is 3.68. The van der Waals surface area contributed by atoms with E-state index in [1.54, 1.807) is 7.11 Å². The minimum absolute atomic E-state index is 0.0868. The van der Waals surface area contributed by atoms with Gasteiger partial charge in [0.2, 0.25) is 0 Å². The van der Waals surface area contributed by atoms with Crippen LogP contribution in [0.5, 0.6) is 0 Å². The van der Waals surface area contributed by atoms with Crippen molar-refractivity contribution in [1.82, 2.24) is 10.2 Å². The molecular formula is C16H26N2O2. The van der Waals surface area contributed by atoms with Gasteiger partial charge in [-0.05, 0) is 26.0 Å². The molecule has 1 aromatic carbocycles. The fourth-order valence-electron chi connectivity index (χ4n) is 2.00. The van der Waals surface area contributed by atoms with Gasteiger partial charge >= 0.3 is 0 Å². The average molecular weight is 278 g/mol. The molecule has 1 N–H and O–H groups in total. The summed E-state index contributed by atoms with van der Waals surface area (Å²) in [5, 5.41) is 2.94. The molecule has 2 atom stereocenters. The van der Waals surface area contributed by atoms with Crippen LogP contribution in [0.25, 0.3) is 0 Å². The highest BCUT2D eigenvalue weighted by atomic mass is 16.5. The van der Waals surface area contributed by atoms with Crippen LogP contribution in [0.3, 0.4) is 0 Å². The standard InChI is InChI=1S/C16H26N2O2/c1-5-13(2)18(3)12-11-17-16(19)15(20-4)14-9-7-6-8-10-14/h6-10,13,15H,5,11-12H2,1-4H3,(H,17,19)/t13-,15-/m0/s1. The molecule has 0 aromatic heterocycles. The number of ether oxygens (including phenoxy) is 1. The van der Waals surface area contributed by atoms with Crippen molar-refractivity contribution >= 4 is 5.91 Å². The quantitative estimate of drug-likeness (QED) is 0.793. The SMILES string of the molecule is CC[C@H](C)N(C)CCNC(=O)[C@@H](OC)c1ccccc1. The van der Waals surface area contributed by atoms with E-state index in [9.17, 15) is 4.79 Å². The third kappa shape index (κ3) is 4.94. The van der Waals surface area contributed by atoms with Gasteiger partial charge in [-0.2, -0.15) is 0 Å². The van der Waals surface area contributed by atoms with E-state index in [0.717, 1.165) is 18.5 Å². The zero-order chi connectivity index (χ0) is 15.0. The maximum absolute atomic E-state index is 12.1. The fourth-order valence-corrected chi connectivity index (χ4v) is 2.00. The van der Waals surface area contributed by atoms with Crippen LogP contribution in [0.2, 0.25) is 0 Å². The predicted molar refractivity (Wildman–Crippen MR) is 81.6 cm³/mol. The first-order valence-corrected chi connectivity index (χ1v) is 7.15. The van der Waals surface area contributed by atoms with Crippen molar-refractivity contribution in [2.24, 2.45) is 0 Å². The van der Waals surface area contributed by atoms with Crippen LogP contribution in [0.15, 0.2) is 30.3 Å². The van der Waals surface area contributed by atoms with Crippen LogP contribution in [0, 0.1) is 0 Å². The summed E-state index contributed by atoms with van der Waals surface area (Å²) in [5.41, 5.74) is 0.878. The number of nitrogens with one attached hydrogen (secondary N) is 1. The highest BCUT2D eigenvalue weighted by Crippen LogP contribution is 2.15. The summed E-state index contributed by atoms with van der Waals surface area (Å²) in [7, 11) is 3.63. The molecule has 0 saturated heterocycles. The van der Waals surface area contributed by atoms with Gasteiger partial charge in [0, 0.05) is 26.2 Å². The molecular weight excluding hydrogens is 252 g/mol. The Hall–Kier alpha value is -1.39. The van der Waals surface area contributed by atoms with E-state index >= 15 is 0 Å². The summed E-state index contributed by atoms with van der Waals surface area (Å²) >= 11 is 0. The molecule has 112 valence electrons. The summed E-state index contributed by atoms with van der Waals surface area (Å²) < 4.78 is 5.30. The van der Waals surface area contributed by atoms with Gasteiger partial charge in [0.25, 0.3) is 5.91 Å². The van der Waals surface area contributed by atoms with Crippen molar-refractivity contribution in [1.29, 1.82) is 0 Å². The lowest BCUT2D eigenvalue weighted by atomic mass is 10.1. The molecule has 20 heavy (non-hydrogen) atoms. The molecule has 0 bridgehead atoms. The van der Waals surface area contributed by atoms with Gasteiger partial charge in [0.05, 0.1) is 0 Å². The molecule has 0 aliphatic carbocycles. The number of hydrogen-bond donors (Lipinski definition) is 1. The van der Waals surface area contributed by atoms with Gasteiger partial charge in [-0.3, -0.25) is 4.79 Å². The summed E-state index contributed by atoms with van der Waals surface area (Å²) in [5.74, 6) is -0.0868. The fraction of sp³-hybridized carbons (Fsp3) is 0.562. The molecule has 0 aliphatic heterocycles. The molecule has 1 aromatic rings. The monoisotopic (exact) mass is 278 g/mol. The number of amides is 1. The molecule has 0 fully saturated rings. The van der Waals surface area contributed by atoms with E-state index < -0.39 is 6.10 Å². The number of hydrogen-bond acceptors (Lipinski definition) is 3.